The van der Waals surface area contributed by atoms with Gasteiger partial charge in [-0.25, -0.2) is 0 Å². The molecular formula is C48H81ClN6. The molecule has 0 fully saturated rings. The van der Waals surface area contributed by atoms with Gasteiger partial charge in [-0.3, -0.25) is 0 Å². The van der Waals surface area contributed by atoms with Gasteiger partial charge >= 0.3 is 0 Å². The molecule has 0 bridgehead atoms. The lowest BCUT2D eigenvalue weighted by molar-refractivity contribution is 0.417. The third-order valence-corrected chi connectivity index (χ3v) is 10.9. The van der Waals surface area contributed by atoms with Crippen LogP contribution in [0.4, 0.5) is 0 Å². The Kier molecular flexibility index (Phi) is 29.1. The number of unbranched alkanes of at least 4 members (excludes halogenated alkanes) is 2. The molecule has 0 aliphatic heterocycles. The van der Waals surface area contributed by atoms with Crippen LogP contribution in [0.5, 0.6) is 0 Å². The van der Waals surface area contributed by atoms with E-state index in [-0.39, 0.29) is 12.4 Å². The molecule has 3 aromatic carbocycles. The summed E-state index contributed by atoms with van der Waals surface area (Å²) < 4.78 is 0. The molecule has 0 aliphatic rings. The van der Waals surface area contributed by atoms with E-state index in [2.05, 4.69) is 132 Å². The molecule has 55 heavy (non-hydrogen) atoms. The van der Waals surface area contributed by atoms with E-state index >= 15 is 0 Å². The van der Waals surface area contributed by atoms with Crippen molar-refractivity contribution in [2.45, 2.75) is 118 Å². The number of hydrogen-bond acceptors (Lipinski definition) is 6. The molecule has 0 saturated carbocycles. The van der Waals surface area contributed by atoms with Gasteiger partial charge in [-0.2, -0.15) is 0 Å². The summed E-state index contributed by atoms with van der Waals surface area (Å²) in [6.07, 6.45) is 15.4. The van der Waals surface area contributed by atoms with Crippen LogP contribution in [0.3, 0.4) is 0 Å². The molecule has 310 valence electrons. The molecular weight excluding hydrogens is 696 g/mol. The third kappa shape index (κ3) is 22.3. The molecule has 7 heteroatoms. The van der Waals surface area contributed by atoms with Crippen molar-refractivity contribution >= 4 is 12.4 Å². The van der Waals surface area contributed by atoms with E-state index in [1.807, 2.05) is 0 Å². The highest BCUT2D eigenvalue weighted by Crippen LogP contribution is 2.27. The summed E-state index contributed by atoms with van der Waals surface area (Å²) in [5, 5.41) is 21.8. The Labute approximate surface area is 344 Å². The highest BCUT2D eigenvalue weighted by atomic mass is 35.5. The van der Waals surface area contributed by atoms with Crippen LogP contribution in [0.2, 0.25) is 0 Å². The highest BCUT2D eigenvalue weighted by molar-refractivity contribution is 5.85. The quantitative estimate of drug-likeness (QED) is 0.0340. The maximum absolute atomic E-state index is 3.66. The minimum absolute atomic E-state index is 0. The van der Waals surface area contributed by atoms with Crippen LogP contribution in [0.15, 0.2) is 72.8 Å². The van der Waals surface area contributed by atoms with Gasteiger partial charge in [-0.15, -0.1) is 12.4 Å². The van der Waals surface area contributed by atoms with Crippen LogP contribution in [0, 0.1) is 11.8 Å². The second kappa shape index (κ2) is 32.8. The van der Waals surface area contributed by atoms with Gasteiger partial charge in [0.25, 0.3) is 0 Å². The van der Waals surface area contributed by atoms with E-state index < -0.39 is 0 Å². The van der Waals surface area contributed by atoms with Gasteiger partial charge in [0.2, 0.25) is 0 Å². The minimum atomic E-state index is 0. The van der Waals surface area contributed by atoms with E-state index in [9.17, 15) is 0 Å². The zero-order valence-corrected chi connectivity index (χ0v) is 36.3. The van der Waals surface area contributed by atoms with Gasteiger partial charge < -0.3 is 31.9 Å². The van der Waals surface area contributed by atoms with Gasteiger partial charge in [0.15, 0.2) is 0 Å². The molecule has 3 aromatic rings. The standard InChI is InChI=1S/C48H80N6.ClH/c1-5-9-16-41(7-3)37-51-32-12-28-49-30-14-34-53-39-43-20-24-45(25-21-43)47-18-11-19-48(36-47)46-26-22-44(23-27-46)40-54-35-15-31-50-29-13-33-52-38-42(8-4)17-10-6-2;/h11,18-27,36,41-42,49-54H,5-10,12-17,28-35,37-40H2,1-4H3;1H. The van der Waals surface area contributed by atoms with Gasteiger partial charge in [-0.1, -0.05) is 133 Å². The van der Waals surface area contributed by atoms with Crippen molar-refractivity contribution in [3.8, 4) is 22.3 Å². The van der Waals surface area contributed by atoms with E-state index in [0.29, 0.717) is 0 Å². The van der Waals surface area contributed by atoms with Crippen LogP contribution in [-0.2, 0) is 13.1 Å². The van der Waals surface area contributed by atoms with Crippen LogP contribution >= 0.6 is 12.4 Å². The summed E-state index contributed by atoms with van der Waals surface area (Å²) in [5.74, 6) is 1.69. The lowest BCUT2D eigenvalue weighted by atomic mass is 9.98. The minimum Gasteiger partial charge on any atom is -0.317 e. The van der Waals surface area contributed by atoms with E-state index in [0.717, 1.165) is 90.1 Å². The van der Waals surface area contributed by atoms with Crippen molar-refractivity contribution in [3.05, 3.63) is 83.9 Å². The molecule has 0 heterocycles. The number of rotatable bonds is 34. The second-order valence-corrected chi connectivity index (χ2v) is 15.5. The zero-order valence-electron chi connectivity index (χ0n) is 35.5. The van der Waals surface area contributed by atoms with Crippen molar-refractivity contribution in [1.82, 2.24) is 31.9 Å². The van der Waals surface area contributed by atoms with Gasteiger partial charge in [-0.05, 0) is 155 Å². The van der Waals surface area contributed by atoms with Crippen molar-refractivity contribution < 1.29 is 0 Å². The third-order valence-electron chi connectivity index (χ3n) is 10.9. The maximum Gasteiger partial charge on any atom is 0.0205 e. The molecule has 0 radical (unpaired) electrons. The molecule has 0 aliphatic carbocycles. The zero-order chi connectivity index (χ0) is 38.3. The maximum atomic E-state index is 3.66. The first-order chi connectivity index (χ1) is 26.7. The first kappa shape index (κ1) is 48.9. The SMILES string of the molecule is CCCCC(CC)CNCCCNCCCNCc1ccc(-c2cccc(-c3ccc(CNCCCNCCCNCC(CC)CCCC)cc3)c2)cc1.Cl. The summed E-state index contributed by atoms with van der Waals surface area (Å²) in [6.45, 7) is 22.1. The lowest BCUT2D eigenvalue weighted by Gasteiger charge is -2.15. The fraction of sp³-hybridized carbons (Fsp3) is 0.625. The first-order valence-corrected chi connectivity index (χ1v) is 22.2. The monoisotopic (exact) mass is 777 g/mol. The lowest BCUT2D eigenvalue weighted by Crippen LogP contribution is -2.27. The average Bonchev–Trinajstić information content (AvgIpc) is 3.21. The van der Waals surface area contributed by atoms with Crippen molar-refractivity contribution in [2.24, 2.45) is 11.8 Å². The first-order valence-electron chi connectivity index (χ1n) is 22.2. The topological polar surface area (TPSA) is 72.2 Å². The van der Waals surface area contributed by atoms with Crippen LogP contribution in [-0.4, -0.2) is 65.4 Å². The summed E-state index contributed by atoms with van der Waals surface area (Å²) in [7, 11) is 0. The molecule has 0 aromatic heterocycles. The Bertz CT molecular complexity index is 1200. The summed E-state index contributed by atoms with van der Waals surface area (Å²) in [6, 6.07) is 27.0. The highest BCUT2D eigenvalue weighted by Gasteiger charge is 2.07. The molecule has 3 rings (SSSR count). The summed E-state index contributed by atoms with van der Waals surface area (Å²) >= 11 is 0. The van der Waals surface area contributed by atoms with Gasteiger partial charge in [0, 0.05) is 13.1 Å². The number of benzene rings is 3. The Morgan fingerprint density at radius 1 is 0.400 bits per heavy atom. The van der Waals surface area contributed by atoms with Crippen molar-refractivity contribution in [2.75, 3.05) is 65.4 Å². The molecule has 6 N–H and O–H groups in total. The fourth-order valence-electron chi connectivity index (χ4n) is 7.08. The number of nitrogens with one attached hydrogen (secondary N) is 6. The normalized spacial score (nSPS) is 12.4. The molecule has 2 atom stereocenters. The van der Waals surface area contributed by atoms with E-state index in [4.69, 9.17) is 0 Å². The average molecular weight is 778 g/mol. The predicted molar refractivity (Wildman–Crippen MR) is 245 cm³/mol. The number of halogens is 1. The molecule has 0 saturated heterocycles. The van der Waals surface area contributed by atoms with E-state index in [1.165, 1.54) is 111 Å². The van der Waals surface area contributed by atoms with Crippen LogP contribution in [0.1, 0.15) is 116 Å². The molecule has 2 unspecified atom stereocenters. The molecule has 6 nitrogen and oxygen atoms in total. The predicted octanol–water partition coefficient (Wildman–Crippen LogP) is 9.97. The van der Waals surface area contributed by atoms with Gasteiger partial charge in [0.05, 0.1) is 0 Å². The fourth-order valence-corrected chi connectivity index (χ4v) is 7.08. The molecule has 0 amide bonds. The summed E-state index contributed by atoms with van der Waals surface area (Å²) in [4.78, 5) is 0. The Morgan fingerprint density at radius 3 is 1.13 bits per heavy atom. The second-order valence-electron chi connectivity index (χ2n) is 15.5. The summed E-state index contributed by atoms with van der Waals surface area (Å²) in [5.41, 5.74) is 7.72. The molecule has 0 spiro atoms. The Morgan fingerprint density at radius 2 is 0.764 bits per heavy atom. The Balaban J connectivity index is 0.0000105. The van der Waals surface area contributed by atoms with Crippen molar-refractivity contribution in [3.63, 3.8) is 0 Å². The van der Waals surface area contributed by atoms with E-state index in [1.54, 1.807) is 0 Å². The smallest absolute Gasteiger partial charge is 0.0205 e. The Hall–Kier alpha value is -2.29. The van der Waals surface area contributed by atoms with Crippen LogP contribution in [0.25, 0.3) is 22.3 Å². The van der Waals surface area contributed by atoms with Crippen molar-refractivity contribution in [1.29, 1.82) is 0 Å². The van der Waals surface area contributed by atoms with Crippen LogP contribution < -0.4 is 31.9 Å². The van der Waals surface area contributed by atoms with Gasteiger partial charge in [0.1, 0.15) is 0 Å². The number of hydrogen-bond donors (Lipinski definition) is 6. The largest absolute Gasteiger partial charge is 0.317 e.